The topological polar surface area (TPSA) is 41.1 Å². The van der Waals surface area contributed by atoms with Crippen molar-refractivity contribution in [3.63, 3.8) is 0 Å². The number of carbonyl (C=O) groups is 1. The van der Waals surface area contributed by atoms with Crippen LogP contribution < -0.4 is 10.6 Å². The molecule has 0 aromatic heterocycles. The van der Waals surface area contributed by atoms with E-state index in [-0.39, 0.29) is 17.4 Å². The Morgan fingerprint density at radius 3 is 2.47 bits per heavy atom. The molecule has 1 aromatic carbocycles. The van der Waals surface area contributed by atoms with Crippen LogP contribution in [-0.4, -0.2) is 19.0 Å². The van der Waals surface area contributed by atoms with E-state index in [0.717, 1.165) is 36.0 Å². The molecule has 104 valence electrons. The van der Waals surface area contributed by atoms with Gasteiger partial charge in [-0.3, -0.25) is 4.79 Å². The smallest absolute Gasteiger partial charge is 0.226 e. The van der Waals surface area contributed by atoms with Gasteiger partial charge in [-0.15, -0.1) is 0 Å². The van der Waals surface area contributed by atoms with E-state index in [9.17, 15) is 4.79 Å². The number of hydrogen-bond acceptors (Lipinski definition) is 2. The highest BCUT2D eigenvalue weighted by Gasteiger charge is 2.35. The number of amides is 1. The maximum absolute atomic E-state index is 12.4. The van der Waals surface area contributed by atoms with Crippen LogP contribution in [0.3, 0.4) is 0 Å². The van der Waals surface area contributed by atoms with Gasteiger partial charge in [0.05, 0.1) is 6.04 Å². The van der Waals surface area contributed by atoms with E-state index in [1.165, 1.54) is 0 Å². The van der Waals surface area contributed by atoms with Crippen molar-refractivity contribution in [2.24, 2.45) is 5.41 Å². The van der Waals surface area contributed by atoms with Gasteiger partial charge in [0.2, 0.25) is 5.91 Å². The van der Waals surface area contributed by atoms with Crippen LogP contribution in [0.2, 0.25) is 0 Å². The third-order valence-electron chi connectivity index (χ3n) is 3.97. The van der Waals surface area contributed by atoms with Crippen LogP contribution in [0.15, 0.2) is 28.7 Å². The van der Waals surface area contributed by atoms with E-state index in [2.05, 4.69) is 33.5 Å². The summed E-state index contributed by atoms with van der Waals surface area (Å²) in [5, 5.41) is 6.44. The first-order valence-corrected chi connectivity index (χ1v) is 7.58. The average molecular weight is 325 g/mol. The molecule has 4 heteroatoms. The van der Waals surface area contributed by atoms with Crippen molar-refractivity contribution in [2.45, 2.75) is 32.7 Å². The first kappa shape index (κ1) is 14.5. The fraction of sp³-hybridized carbons (Fsp3) is 0.533. The van der Waals surface area contributed by atoms with Crippen molar-refractivity contribution in [3.05, 3.63) is 34.3 Å². The van der Waals surface area contributed by atoms with Gasteiger partial charge in [0.25, 0.3) is 0 Å². The minimum absolute atomic E-state index is 0.0484. The maximum Gasteiger partial charge on any atom is 0.226 e. The molecule has 1 unspecified atom stereocenters. The highest BCUT2D eigenvalue weighted by molar-refractivity contribution is 9.10. The molecule has 0 aliphatic carbocycles. The summed E-state index contributed by atoms with van der Waals surface area (Å²) in [4.78, 5) is 12.4. The van der Waals surface area contributed by atoms with Crippen molar-refractivity contribution >= 4 is 21.8 Å². The summed E-state index contributed by atoms with van der Waals surface area (Å²) in [5.41, 5.74) is 0.906. The van der Waals surface area contributed by atoms with Crippen LogP contribution >= 0.6 is 15.9 Å². The van der Waals surface area contributed by atoms with Crippen molar-refractivity contribution in [3.8, 4) is 0 Å². The van der Waals surface area contributed by atoms with Gasteiger partial charge in [-0.25, -0.2) is 0 Å². The molecule has 3 nitrogen and oxygen atoms in total. The summed E-state index contributed by atoms with van der Waals surface area (Å²) >= 11 is 3.42. The molecule has 1 amide bonds. The summed E-state index contributed by atoms with van der Waals surface area (Å²) in [6.07, 6.45) is 1.82. The largest absolute Gasteiger partial charge is 0.349 e. The van der Waals surface area contributed by atoms with E-state index in [0.29, 0.717) is 0 Å². The molecule has 1 atom stereocenters. The van der Waals surface area contributed by atoms with Gasteiger partial charge in [-0.1, -0.05) is 35.0 Å². The summed E-state index contributed by atoms with van der Waals surface area (Å²) in [6.45, 7) is 5.95. The van der Waals surface area contributed by atoms with Crippen LogP contribution in [-0.2, 0) is 4.79 Å². The van der Waals surface area contributed by atoms with E-state index in [4.69, 9.17) is 0 Å². The lowest BCUT2D eigenvalue weighted by Gasteiger charge is -2.33. The second-order valence-electron chi connectivity index (χ2n) is 5.56. The fourth-order valence-electron chi connectivity index (χ4n) is 2.41. The standard InChI is InChI=1S/C15H21BrN2O/c1-11(12-3-5-13(16)6-4-12)18-14(19)15(2)7-9-17-10-8-15/h3-6,11,17H,7-10H2,1-2H3,(H,18,19). The number of nitrogens with one attached hydrogen (secondary N) is 2. The third kappa shape index (κ3) is 3.57. The van der Waals surface area contributed by atoms with Crippen LogP contribution in [0.4, 0.5) is 0 Å². The molecule has 1 fully saturated rings. The number of carbonyl (C=O) groups excluding carboxylic acids is 1. The number of hydrogen-bond donors (Lipinski definition) is 2. The molecule has 1 saturated heterocycles. The Morgan fingerprint density at radius 2 is 1.89 bits per heavy atom. The number of rotatable bonds is 3. The van der Waals surface area contributed by atoms with Gasteiger partial charge in [0.15, 0.2) is 0 Å². The van der Waals surface area contributed by atoms with Crippen molar-refractivity contribution in [1.29, 1.82) is 0 Å². The molecule has 0 spiro atoms. The second kappa shape index (κ2) is 6.06. The van der Waals surface area contributed by atoms with Gasteiger partial charge in [-0.05, 0) is 50.6 Å². The number of piperidine rings is 1. The molecule has 1 aliphatic heterocycles. The molecule has 0 radical (unpaired) electrons. The van der Waals surface area contributed by atoms with Crippen molar-refractivity contribution in [2.75, 3.05) is 13.1 Å². The maximum atomic E-state index is 12.4. The molecule has 2 N–H and O–H groups in total. The summed E-state index contributed by atoms with van der Waals surface area (Å²) in [6, 6.07) is 8.14. The predicted octanol–water partition coefficient (Wildman–Crippen LogP) is 3.02. The normalized spacial score (nSPS) is 19.7. The molecule has 1 heterocycles. The minimum atomic E-state index is -0.227. The first-order chi connectivity index (χ1) is 9.01. The van der Waals surface area contributed by atoms with Crippen LogP contribution in [0.5, 0.6) is 0 Å². The zero-order valence-corrected chi connectivity index (χ0v) is 13.1. The average Bonchev–Trinajstić information content (AvgIpc) is 2.40. The van der Waals surface area contributed by atoms with Crippen molar-refractivity contribution < 1.29 is 4.79 Å². The Morgan fingerprint density at radius 1 is 1.32 bits per heavy atom. The third-order valence-corrected chi connectivity index (χ3v) is 4.50. The highest BCUT2D eigenvalue weighted by atomic mass is 79.9. The van der Waals surface area contributed by atoms with E-state index < -0.39 is 0 Å². The van der Waals surface area contributed by atoms with Gasteiger partial charge < -0.3 is 10.6 Å². The van der Waals surface area contributed by atoms with Crippen LogP contribution in [0, 0.1) is 5.41 Å². The zero-order chi connectivity index (χ0) is 13.9. The fourth-order valence-corrected chi connectivity index (χ4v) is 2.68. The van der Waals surface area contributed by atoms with Gasteiger partial charge >= 0.3 is 0 Å². The molecule has 1 aromatic rings. The van der Waals surface area contributed by atoms with Crippen molar-refractivity contribution in [1.82, 2.24) is 10.6 Å². The Labute approximate surface area is 123 Å². The number of benzene rings is 1. The number of halogens is 1. The monoisotopic (exact) mass is 324 g/mol. The van der Waals surface area contributed by atoms with Gasteiger partial charge in [-0.2, -0.15) is 0 Å². The lowest BCUT2D eigenvalue weighted by Crippen LogP contribution is -2.46. The SMILES string of the molecule is CC(NC(=O)C1(C)CCNCC1)c1ccc(Br)cc1. The quantitative estimate of drug-likeness (QED) is 0.897. The minimum Gasteiger partial charge on any atom is -0.349 e. The predicted molar refractivity (Wildman–Crippen MR) is 80.9 cm³/mol. The van der Waals surface area contributed by atoms with Crippen LogP contribution in [0.1, 0.15) is 38.3 Å². The Balaban J connectivity index is 2.00. The van der Waals surface area contributed by atoms with E-state index in [1.54, 1.807) is 0 Å². The van der Waals surface area contributed by atoms with Gasteiger partial charge in [0, 0.05) is 9.89 Å². The lowest BCUT2D eigenvalue weighted by molar-refractivity contribution is -0.132. The highest BCUT2D eigenvalue weighted by Crippen LogP contribution is 2.29. The van der Waals surface area contributed by atoms with E-state index >= 15 is 0 Å². The summed E-state index contributed by atoms with van der Waals surface area (Å²) in [5.74, 6) is 0.171. The Bertz CT molecular complexity index is 438. The molecule has 0 bridgehead atoms. The zero-order valence-electron chi connectivity index (χ0n) is 11.5. The molecule has 1 aliphatic rings. The molecular formula is C15H21BrN2O. The van der Waals surface area contributed by atoms with Crippen LogP contribution in [0.25, 0.3) is 0 Å². The summed E-state index contributed by atoms with van der Waals surface area (Å²) in [7, 11) is 0. The molecule has 0 saturated carbocycles. The van der Waals surface area contributed by atoms with E-state index in [1.807, 2.05) is 31.2 Å². The molecular weight excluding hydrogens is 304 g/mol. The summed E-state index contributed by atoms with van der Waals surface area (Å²) < 4.78 is 1.06. The Hall–Kier alpha value is -0.870. The lowest BCUT2D eigenvalue weighted by atomic mass is 9.80. The second-order valence-corrected chi connectivity index (χ2v) is 6.47. The van der Waals surface area contributed by atoms with Gasteiger partial charge in [0.1, 0.15) is 0 Å². The Kier molecular flexibility index (Phi) is 4.63. The molecule has 2 rings (SSSR count). The first-order valence-electron chi connectivity index (χ1n) is 6.78. The molecule has 19 heavy (non-hydrogen) atoms.